The number of rotatable bonds is 9. The molecular formula is C22H25ClO3. The molecule has 0 aromatic heterocycles. The summed E-state index contributed by atoms with van der Waals surface area (Å²) in [5.41, 5.74) is 1.74. The van der Waals surface area contributed by atoms with E-state index in [1.807, 2.05) is 48.5 Å². The van der Waals surface area contributed by atoms with Gasteiger partial charge in [-0.05, 0) is 25.0 Å². The standard InChI is InChI=1S/C22H25ClO3/c23-15-9-3-1-2-4-10-16-25-22(24)21-17-11-5-7-13-19(17)26-20-14-8-6-12-18(20)21/h5-8,11-14,21H,1-4,9-10,15-16H2. The molecule has 0 saturated heterocycles. The second-order valence-corrected chi connectivity index (χ2v) is 6.97. The van der Waals surface area contributed by atoms with Crippen molar-refractivity contribution in [2.45, 2.75) is 44.4 Å². The number of esters is 1. The first-order valence-corrected chi connectivity index (χ1v) is 9.93. The van der Waals surface area contributed by atoms with Crippen LogP contribution in [0.3, 0.4) is 0 Å². The molecule has 0 spiro atoms. The normalized spacial score (nSPS) is 12.8. The van der Waals surface area contributed by atoms with Crippen LogP contribution in [0.25, 0.3) is 0 Å². The first-order valence-electron chi connectivity index (χ1n) is 9.39. The van der Waals surface area contributed by atoms with Crippen LogP contribution < -0.4 is 4.74 Å². The Morgan fingerprint density at radius 1 is 0.846 bits per heavy atom. The number of alkyl halides is 1. The average molecular weight is 373 g/mol. The summed E-state index contributed by atoms with van der Waals surface area (Å²) < 4.78 is 11.5. The first-order chi connectivity index (χ1) is 12.8. The van der Waals surface area contributed by atoms with Gasteiger partial charge in [-0.2, -0.15) is 0 Å². The van der Waals surface area contributed by atoms with Crippen molar-refractivity contribution >= 4 is 17.6 Å². The Labute approximate surface area is 160 Å². The predicted molar refractivity (Wildman–Crippen MR) is 104 cm³/mol. The highest BCUT2D eigenvalue weighted by atomic mass is 35.5. The number of hydrogen-bond acceptors (Lipinski definition) is 3. The zero-order valence-corrected chi connectivity index (χ0v) is 15.7. The molecule has 0 amide bonds. The van der Waals surface area contributed by atoms with E-state index < -0.39 is 5.92 Å². The molecule has 2 aromatic carbocycles. The zero-order valence-electron chi connectivity index (χ0n) is 15.0. The van der Waals surface area contributed by atoms with Crippen LogP contribution >= 0.6 is 11.6 Å². The van der Waals surface area contributed by atoms with E-state index in [0.717, 1.165) is 54.2 Å². The predicted octanol–water partition coefficient (Wildman–Crippen LogP) is 6.05. The van der Waals surface area contributed by atoms with Crippen molar-refractivity contribution in [2.24, 2.45) is 0 Å². The van der Waals surface area contributed by atoms with Gasteiger partial charge in [0.25, 0.3) is 0 Å². The Bertz CT molecular complexity index is 683. The van der Waals surface area contributed by atoms with Crippen LogP contribution in [0.2, 0.25) is 0 Å². The van der Waals surface area contributed by atoms with Gasteiger partial charge in [-0.15, -0.1) is 11.6 Å². The van der Waals surface area contributed by atoms with Gasteiger partial charge in [-0.25, -0.2) is 0 Å². The van der Waals surface area contributed by atoms with Gasteiger partial charge in [0.2, 0.25) is 0 Å². The van der Waals surface area contributed by atoms with E-state index in [-0.39, 0.29) is 5.97 Å². The van der Waals surface area contributed by atoms with Gasteiger partial charge >= 0.3 is 5.97 Å². The zero-order chi connectivity index (χ0) is 18.2. The lowest BCUT2D eigenvalue weighted by Gasteiger charge is -2.26. The number of ether oxygens (including phenoxy) is 2. The number of halogens is 1. The number of benzene rings is 2. The summed E-state index contributed by atoms with van der Waals surface area (Å²) in [4.78, 5) is 12.8. The summed E-state index contributed by atoms with van der Waals surface area (Å²) in [7, 11) is 0. The summed E-state index contributed by atoms with van der Waals surface area (Å²) >= 11 is 5.68. The SMILES string of the molecule is O=C(OCCCCCCCCCl)C1c2ccccc2Oc2ccccc21. The number of carbonyl (C=O) groups is 1. The van der Waals surface area contributed by atoms with Gasteiger partial charge in [-0.3, -0.25) is 4.79 Å². The molecule has 1 aliphatic rings. The topological polar surface area (TPSA) is 35.5 Å². The second kappa shape index (κ2) is 9.63. The number of para-hydroxylation sites is 2. The molecule has 1 heterocycles. The van der Waals surface area contributed by atoms with E-state index in [1.165, 1.54) is 12.8 Å². The lowest BCUT2D eigenvalue weighted by atomic mass is 9.88. The van der Waals surface area contributed by atoms with Crippen LogP contribution in [0.1, 0.15) is 55.6 Å². The Hall–Kier alpha value is -2.00. The second-order valence-electron chi connectivity index (χ2n) is 6.59. The van der Waals surface area contributed by atoms with Crippen molar-refractivity contribution in [3.8, 4) is 11.5 Å². The van der Waals surface area contributed by atoms with Gasteiger partial charge in [0.1, 0.15) is 17.4 Å². The molecule has 0 radical (unpaired) electrons. The Morgan fingerprint density at radius 3 is 2.00 bits per heavy atom. The monoisotopic (exact) mass is 372 g/mol. The minimum Gasteiger partial charge on any atom is -0.465 e. The molecular weight excluding hydrogens is 348 g/mol. The minimum absolute atomic E-state index is 0.199. The molecule has 0 unspecified atom stereocenters. The highest BCUT2D eigenvalue weighted by molar-refractivity contribution is 6.17. The number of fused-ring (bicyclic) bond motifs is 2. The van der Waals surface area contributed by atoms with Crippen LogP contribution in [0.4, 0.5) is 0 Å². The Balaban J connectivity index is 1.57. The molecule has 0 aliphatic carbocycles. The van der Waals surface area contributed by atoms with Crippen molar-refractivity contribution in [1.29, 1.82) is 0 Å². The maximum Gasteiger partial charge on any atom is 0.318 e. The molecule has 0 N–H and O–H groups in total. The van der Waals surface area contributed by atoms with Crippen LogP contribution in [0, 0.1) is 0 Å². The lowest BCUT2D eigenvalue weighted by Crippen LogP contribution is -2.21. The van der Waals surface area contributed by atoms with Crippen molar-refractivity contribution in [2.75, 3.05) is 12.5 Å². The molecule has 1 aliphatic heterocycles. The number of unbranched alkanes of at least 4 members (excludes halogenated alkanes) is 5. The van der Waals surface area contributed by atoms with Crippen LogP contribution in [0.5, 0.6) is 11.5 Å². The highest BCUT2D eigenvalue weighted by Gasteiger charge is 2.33. The van der Waals surface area contributed by atoms with Gasteiger partial charge < -0.3 is 9.47 Å². The average Bonchev–Trinajstić information content (AvgIpc) is 2.68. The largest absolute Gasteiger partial charge is 0.465 e. The first kappa shape index (κ1) is 18.8. The van der Waals surface area contributed by atoms with Gasteiger partial charge in [0.15, 0.2) is 0 Å². The molecule has 4 heteroatoms. The van der Waals surface area contributed by atoms with E-state index in [2.05, 4.69) is 0 Å². The third kappa shape index (κ3) is 4.59. The van der Waals surface area contributed by atoms with E-state index in [9.17, 15) is 4.79 Å². The van der Waals surface area contributed by atoms with Crippen molar-refractivity contribution in [3.05, 3.63) is 59.7 Å². The maximum absolute atomic E-state index is 12.8. The smallest absolute Gasteiger partial charge is 0.318 e. The van der Waals surface area contributed by atoms with E-state index in [0.29, 0.717) is 6.61 Å². The molecule has 0 bridgehead atoms. The molecule has 0 fully saturated rings. The summed E-state index contributed by atoms with van der Waals surface area (Å²) in [6, 6.07) is 15.4. The van der Waals surface area contributed by atoms with E-state index in [4.69, 9.17) is 21.1 Å². The molecule has 138 valence electrons. The van der Waals surface area contributed by atoms with Crippen LogP contribution in [-0.4, -0.2) is 18.5 Å². The highest BCUT2D eigenvalue weighted by Crippen LogP contribution is 2.44. The third-order valence-electron chi connectivity index (χ3n) is 4.69. The Kier molecular flexibility index (Phi) is 6.96. The molecule has 3 nitrogen and oxygen atoms in total. The maximum atomic E-state index is 12.8. The molecule has 2 aromatic rings. The minimum atomic E-state index is -0.417. The third-order valence-corrected chi connectivity index (χ3v) is 4.96. The van der Waals surface area contributed by atoms with Crippen molar-refractivity contribution in [3.63, 3.8) is 0 Å². The van der Waals surface area contributed by atoms with Gasteiger partial charge in [0.05, 0.1) is 6.61 Å². The fraction of sp³-hybridized carbons (Fsp3) is 0.409. The summed E-state index contributed by atoms with van der Waals surface area (Å²) in [6.07, 6.45) is 6.60. The quantitative estimate of drug-likeness (QED) is 0.305. The van der Waals surface area contributed by atoms with Crippen LogP contribution in [-0.2, 0) is 9.53 Å². The van der Waals surface area contributed by atoms with Gasteiger partial charge in [0, 0.05) is 17.0 Å². The van der Waals surface area contributed by atoms with Crippen LogP contribution in [0.15, 0.2) is 48.5 Å². The fourth-order valence-electron chi connectivity index (χ4n) is 3.32. The molecule has 0 saturated carbocycles. The van der Waals surface area contributed by atoms with E-state index in [1.54, 1.807) is 0 Å². The van der Waals surface area contributed by atoms with E-state index >= 15 is 0 Å². The van der Waals surface area contributed by atoms with Crippen molar-refractivity contribution < 1.29 is 14.3 Å². The molecule has 3 rings (SSSR count). The summed E-state index contributed by atoms with van der Waals surface area (Å²) in [5, 5.41) is 0. The number of carbonyl (C=O) groups excluding carboxylic acids is 1. The lowest BCUT2D eigenvalue weighted by molar-refractivity contribution is -0.144. The number of hydrogen-bond donors (Lipinski definition) is 0. The van der Waals surface area contributed by atoms with Crippen molar-refractivity contribution in [1.82, 2.24) is 0 Å². The van der Waals surface area contributed by atoms with Gasteiger partial charge in [-0.1, -0.05) is 62.1 Å². The Morgan fingerprint density at radius 2 is 1.38 bits per heavy atom. The fourth-order valence-corrected chi connectivity index (χ4v) is 3.51. The summed E-state index contributed by atoms with van der Waals surface area (Å²) in [6.45, 7) is 0.468. The molecule has 26 heavy (non-hydrogen) atoms. The summed E-state index contributed by atoms with van der Waals surface area (Å²) in [5.74, 6) is 1.58. The molecule has 0 atom stereocenters.